The van der Waals surface area contributed by atoms with E-state index in [0.29, 0.717) is 23.4 Å². The van der Waals surface area contributed by atoms with Gasteiger partial charge in [0.15, 0.2) is 11.6 Å². The quantitative estimate of drug-likeness (QED) is 0.823. The largest absolute Gasteiger partial charge is 0.399 e. The summed E-state index contributed by atoms with van der Waals surface area (Å²) in [5.41, 5.74) is 8.80. The van der Waals surface area contributed by atoms with Gasteiger partial charge < -0.3 is 10.6 Å². The summed E-state index contributed by atoms with van der Waals surface area (Å²) in [4.78, 5) is 6.05. The lowest BCUT2D eigenvalue weighted by molar-refractivity contribution is 0.610. The summed E-state index contributed by atoms with van der Waals surface area (Å²) in [6, 6.07) is 7.22. The SMILES string of the molecule is Nc1ccc2c(c1)CN(c1ncc(Br)cc1F)C2. The maximum absolute atomic E-state index is 13.8. The lowest BCUT2D eigenvalue weighted by Crippen LogP contribution is -2.17. The highest BCUT2D eigenvalue weighted by Gasteiger charge is 2.22. The van der Waals surface area contributed by atoms with Gasteiger partial charge in [-0.2, -0.15) is 0 Å². The molecule has 3 rings (SSSR count). The van der Waals surface area contributed by atoms with Gasteiger partial charge in [-0.3, -0.25) is 0 Å². The Morgan fingerprint density at radius 3 is 2.78 bits per heavy atom. The second-order valence-corrected chi connectivity index (χ2v) is 5.26. The normalized spacial score (nSPS) is 13.8. The van der Waals surface area contributed by atoms with Crippen LogP contribution in [0.4, 0.5) is 15.9 Å². The maximum atomic E-state index is 13.8. The average Bonchev–Trinajstić information content (AvgIpc) is 2.71. The summed E-state index contributed by atoms with van der Waals surface area (Å²) in [7, 11) is 0. The Bertz CT molecular complexity index is 615. The van der Waals surface area contributed by atoms with Gasteiger partial charge >= 0.3 is 0 Å². The summed E-state index contributed by atoms with van der Waals surface area (Å²) in [6.45, 7) is 1.31. The van der Waals surface area contributed by atoms with Gasteiger partial charge in [-0.25, -0.2) is 9.37 Å². The molecule has 1 aromatic carbocycles. The van der Waals surface area contributed by atoms with Crippen LogP contribution in [0.25, 0.3) is 0 Å². The lowest BCUT2D eigenvalue weighted by Gasteiger charge is -2.16. The minimum Gasteiger partial charge on any atom is -0.399 e. The number of rotatable bonds is 1. The highest BCUT2D eigenvalue weighted by atomic mass is 79.9. The van der Waals surface area contributed by atoms with E-state index in [4.69, 9.17) is 5.73 Å². The van der Waals surface area contributed by atoms with Crippen molar-refractivity contribution in [2.45, 2.75) is 13.1 Å². The van der Waals surface area contributed by atoms with Crippen LogP contribution in [-0.2, 0) is 13.1 Å². The van der Waals surface area contributed by atoms with Crippen LogP contribution >= 0.6 is 15.9 Å². The summed E-state index contributed by atoms with van der Waals surface area (Å²) in [6.07, 6.45) is 1.61. The third kappa shape index (κ3) is 1.95. The number of nitrogens with two attached hydrogens (primary N) is 1. The fourth-order valence-electron chi connectivity index (χ4n) is 2.20. The van der Waals surface area contributed by atoms with E-state index in [9.17, 15) is 4.39 Å². The molecular formula is C13H11BrFN3. The van der Waals surface area contributed by atoms with Crippen LogP contribution in [0.3, 0.4) is 0 Å². The zero-order valence-electron chi connectivity index (χ0n) is 9.53. The molecule has 2 heterocycles. The molecule has 0 unspecified atom stereocenters. The average molecular weight is 308 g/mol. The molecule has 0 radical (unpaired) electrons. The zero-order valence-corrected chi connectivity index (χ0v) is 11.1. The number of aromatic nitrogens is 1. The third-order valence-corrected chi connectivity index (χ3v) is 3.47. The predicted octanol–water partition coefficient (Wildman–Crippen LogP) is 3.09. The molecule has 18 heavy (non-hydrogen) atoms. The van der Waals surface area contributed by atoms with Crippen molar-refractivity contribution in [3.8, 4) is 0 Å². The number of fused-ring (bicyclic) bond motifs is 1. The first kappa shape index (κ1) is 11.5. The van der Waals surface area contributed by atoms with Crippen LogP contribution in [0, 0.1) is 5.82 Å². The first-order valence-corrected chi connectivity index (χ1v) is 6.36. The third-order valence-electron chi connectivity index (χ3n) is 3.04. The molecule has 0 atom stereocenters. The van der Waals surface area contributed by atoms with Crippen molar-refractivity contribution < 1.29 is 4.39 Å². The Kier molecular flexibility index (Phi) is 2.70. The standard InChI is InChI=1S/C13H11BrFN3/c14-10-4-12(15)13(17-5-10)18-6-8-1-2-11(16)3-9(8)7-18/h1-5H,6-7,16H2. The highest BCUT2D eigenvalue weighted by molar-refractivity contribution is 9.10. The molecule has 92 valence electrons. The number of anilines is 2. The van der Waals surface area contributed by atoms with E-state index in [1.807, 2.05) is 23.1 Å². The van der Waals surface area contributed by atoms with Crippen molar-refractivity contribution in [1.29, 1.82) is 0 Å². The van der Waals surface area contributed by atoms with Crippen LogP contribution in [0.2, 0.25) is 0 Å². The number of pyridine rings is 1. The van der Waals surface area contributed by atoms with Crippen LogP contribution in [0.5, 0.6) is 0 Å². The summed E-state index contributed by atoms with van der Waals surface area (Å²) in [5.74, 6) is 0.0677. The molecule has 0 spiro atoms. The molecule has 0 amide bonds. The molecule has 1 aliphatic heterocycles. The predicted molar refractivity (Wildman–Crippen MR) is 72.6 cm³/mol. The molecule has 2 N–H and O–H groups in total. The van der Waals surface area contributed by atoms with Crippen LogP contribution in [-0.4, -0.2) is 4.98 Å². The van der Waals surface area contributed by atoms with E-state index >= 15 is 0 Å². The molecule has 1 aliphatic rings. The molecule has 0 saturated carbocycles. The van der Waals surface area contributed by atoms with E-state index in [0.717, 1.165) is 11.3 Å². The van der Waals surface area contributed by atoms with Gasteiger partial charge in [-0.05, 0) is 45.3 Å². The van der Waals surface area contributed by atoms with Crippen molar-refractivity contribution in [2.24, 2.45) is 0 Å². The smallest absolute Gasteiger partial charge is 0.166 e. The molecule has 5 heteroatoms. The van der Waals surface area contributed by atoms with Crippen molar-refractivity contribution in [3.05, 3.63) is 51.9 Å². The molecule has 0 aliphatic carbocycles. The minimum atomic E-state index is -0.315. The molecular weight excluding hydrogens is 297 g/mol. The number of hydrogen-bond acceptors (Lipinski definition) is 3. The molecule has 3 nitrogen and oxygen atoms in total. The van der Waals surface area contributed by atoms with Crippen LogP contribution in [0.15, 0.2) is 34.9 Å². The van der Waals surface area contributed by atoms with Crippen LogP contribution < -0.4 is 10.6 Å². The minimum absolute atomic E-state index is 0.315. The van der Waals surface area contributed by atoms with Gasteiger partial charge in [0.25, 0.3) is 0 Å². The number of halogens is 2. The molecule has 1 aromatic heterocycles. The Hall–Kier alpha value is -1.62. The molecule has 2 aromatic rings. The first-order chi connectivity index (χ1) is 8.63. The highest BCUT2D eigenvalue weighted by Crippen LogP contribution is 2.30. The lowest BCUT2D eigenvalue weighted by atomic mass is 10.1. The Balaban J connectivity index is 1.93. The second-order valence-electron chi connectivity index (χ2n) is 4.34. The van der Waals surface area contributed by atoms with E-state index in [2.05, 4.69) is 20.9 Å². The second kappa shape index (κ2) is 4.24. The van der Waals surface area contributed by atoms with E-state index in [-0.39, 0.29) is 5.82 Å². The van der Waals surface area contributed by atoms with E-state index in [1.54, 1.807) is 6.20 Å². The fraction of sp³-hybridized carbons (Fsp3) is 0.154. The summed E-state index contributed by atoms with van der Waals surface area (Å²) in [5, 5.41) is 0. The molecule has 0 saturated heterocycles. The van der Waals surface area contributed by atoms with Crippen molar-refractivity contribution in [3.63, 3.8) is 0 Å². The first-order valence-electron chi connectivity index (χ1n) is 5.57. The van der Waals surface area contributed by atoms with Gasteiger partial charge in [0.1, 0.15) is 0 Å². The van der Waals surface area contributed by atoms with E-state index in [1.165, 1.54) is 11.6 Å². The van der Waals surface area contributed by atoms with Crippen molar-refractivity contribution in [1.82, 2.24) is 4.98 Å². The number of hydrogen-bond donors (Lipinski definition) is 1. The fourth-order valence-corrected chi connectivity index (χ4v) is 2.51. The van der Waals surface area contributed by atoms with Crippen molar-refractivity contribution >= 4 is 27.4 Å². The number of benzene rings is 1. The topological polar surface area (TPSA) is 42.1 Å². The van der Waals surface area contributed by atoms with Gasteiger partial charge in [-0.15, -0.1) is 0 Å². The molecule has 0 fully saturated rings. The summed E-state index contributed by atoms with van der Waals surface area (Å²) >= 11 is 3.21. The zero-order chi connectivity index (χ0) is 12.7. The maximum Gasteiger partial charge on any atom is 0.166 e. The monoisotopic (exact) mass is 307 g/mol. The van der Waals surface area contributed by atoms with Gasteiger partial charge in [-0.1, -0.05) is 6.07 Å². The van der Waals surface area contributed by atoms with Crippen molar-refractivity contribution in [2.75, 3.05) is 10.6 Å². The summed E-state index contributed by atoms with van der Waals surface area (Å²) < 4.78 is 14.5. The van der Waals surface area contributed by atoms with Gasteiger partial charge in [0, 0.05) is 29.4 Å². The molecule has 0 bridgehead atoms. The Labute approximate surface area is 113 Å². The Morgan fingerprint density at radius 1 is 1.22 bits per heavy atom. The number of nitrogen functional groups attached to an aromatic ring is 1. The number of nitrogens with zero attached hydrogens (tertiary/aromatic N) is 2. The Morgan fingerprint density at radius 2 is 2.00 bits per heavy atom. The van der Waals surface area contributed by atoms with Crippen LogP contribution in [0.1, 0.15) is 11.1 Å². The van der Waals surface area contributed by atoms with E-state index < -0.39 is 0 Å². The van der Waals surface area contributed by atoms with Gasteiger partial charge in [0.2, 0.25) is 0 Å². The van der Waals surface area contributed by atoms with Gasteiger partial charge in [0.05, 0.1) is 0 Å².